The predicted octanol–water partition coefficient (Wildman–Crippen LogP) is 3.35. The summed E-state index contributed by atoms with van der Waals surface area (Å²) >= 11 is 0. The summed E-state index contributed by atoms with van der Waals surface area (Å²) in [5.41, 5.74) is 2.09. The zero-order valence-corrected chi connectivity index (χ0v) is 14.6. The topological polar surface area (TPSA) is 76.7 Å². The molecule has 0 aliphatic carbocycles. The first-order valence-electron chi connectivity index (χ1n) is 7.90. The molecule has 0 aromatic heterocycles. The van der Waals surface area contributed by atoms with Gasteiger partial charge in [0.15, 0.2) is 17.3 Å². The third kappa shape index (κ3) is 5.24. The van der Waals surface area contributed by atoms with Gasteiger partial charge in [-0.25, -0.2) is 0 Å². The van der Waals surface area contributed by atoms with Gasteiger partial charge in [-0.1, -0.05) is 12.1 Å². The lowest BCUT2D eigenvalue weighted by atomic mass is 10.1. The molecule has 0 unspecified atom stereocenters. The fourth-order valence-electron chi connectivity index (χ4n) is 2.31. The number of hydrogen-bond acceptors (Lipinski definition) is 5. The molecule has 132 valence electrons. The lowest BCUT2D eigenvalue weighted by Gasteiger charge is -2.11. The van der Waals surface area contributed by atoms with Crippen LogP contribution in [0.5, 0.6) is 11.5 Å². The molecular formula is C19H22N2O4. The van der Waals surface area contributed by atoms with Gasteiger partial charge in [0.05, 0.1) is 14.2 Å². The van der Waals surface area contributed by atoms with Gasteiger partial charge in [0, 0.05) is 36.0 Å². The van der Waals surface area contributed by atoms with Crippen LogP contribution in [0.3, 0.4) is 0 Å². The van der Waals surface area contributed by atoms with E-state index in [1.165, 1.54) is 6.92 Å². The first-order valence-corrected chi connectivity index (χ1v) is 7.90. The molecule has 6 heteroatoms. The Morgan fingerprint density at radius 3 is 2.40 bits per heavy atom. The third-order valence-corrected chi connectivity index (χ3v) is 3.62. The molecule has 25 heavy (non-hydrogen) atoms. The minimum Gasteiger partial charge on any atom is -0.493 e. The monoisotopic (exact) mass is 342 g/mol. The Morgan fingerprint density at radius 1 is 0.960 bits per heavy atom. The van der Waals surface area contributed by atoms with Crippen LogP contribution in [0.1, 0.15) is 23.7 Å². The first kappa shape index (κ1) is 18.3. The van der Waals surface area contributed by atoms with Crippen molar-refractivity contribution >= 4 is 23.1 Å². The summed E-state index contributed by atoms with van der Waals surface area (Å²) in [5.74, 6) is 1.05. The Labute approximate surface area is 147 Å². The number of hydrogen-bond donors (Lipinski definition) is 2. The molecule has 0 bridgehead atoms. The quantitative estimate of drug-likeness (QED) is 0.720. The highest BCUT2D eigenvalue weighted by atomic mass is 16.5. The van der Waals surface area contributed by atoms with Crippen molar-refractivity contribution in [3.8, 4) is 11.5 Å². The minimum atomic E-state index is -0.123. The predicted molar refractivity (Wildman–Crippen MR) is 97.7 cm³/mol. The Bertz CT molecular complexity index is 759. The fraction of sp³-hybridized carbons (Fsp3) is 0.263. The number of anilines is 2. The molecule has 2 aromatic carbocycles. The lowest BCUT2D eigenvalue weighted by Crippen LogP contribution is -2.16. The number of benzene rings is 2. The van der Waals surface area contributed by atoms with E-state index in [1.54, 1.807) is 44.6 Å². The number of nitrogens with one attached hydrogen (secondary N) is 2. The van der Waals surface area contributed by atoms with E-state index in [0.29, 0.717) is 35.7 Å². The SMILES string of the molecule is COc1ccc(NC(=O)CCNc2cccc(C(C)=O)c2)cc1OC. The van der Waals surface area contributed by atoms with Gasteiger partial charge in [0.2, 0.25) is 5.91 Å². The molecule has 2 aromatic rings. The van der Waals surface area contributed by atoms with E-state index in [9.17, 15) is 9.59 Å². The Balaban J connectivity index is 1.87. The van der Waals surface area contributed by atoms with Crippen LogP contribution in [0.4, 0.5) is 11.4 Å². The van der Waals surface area contributed by atoms with Crippen molar-refractivity contribution in [3.63, 3.8) is 0 Å². The van der Waals surface area contributed by atoms with Crippen LogP contribution in [-0.2, 0) is 4.79 Å². The maximum atomic E-state index is 12.1. The van der Waals surface area contributed by atoms with Crippen LogP contribution >= 0.6 is 0 Å². The fourth-order valence-corrected chi connectivity index (χ4v) is 2.31. The van der Waals surface area contributed by atoms with E-state index < -0.39 is 0 Å². The zero-order valence-electron chi connectivity index (χ0n) is 14.6. The molecule has 0 radical (unpaired) electrons. The summed E-state index contributed by atoms with van der Waals surface area (Å²) in [5, 5.41) is 5.95. The van der Waals surface area contributed by atoms with E-state index in [1.807, 2.05) is 12.1 Å². The van der Waals surface area contributed by atoms with Crippen molar-refractivity contribution < 1.29 is 19.1 Å². The number of amides is 1. The number of Topliss-reactive ketones (excluding diaryl/α,β-unsaturated/α-hetero) is 1. The molecule has 1 amide bonds. The summed E-state index contributed by atoms with van der Waals surface area (Å²) in [6, 6.07) is 12.4. The maximum Gasteiger partial charge on any atom is 0.226 e. The second-order valence-electron chi connectivity index (χ2n) is 5.43. The summed E-state index contributed by atoms with van der Waals surface area (Å²) in [7, 11) is 3.10. The van der Waals surface area contributed by atoms with Gasteiger partial charge in [-0.15, -0.1) is 0 Å². The van der Waals surface area contributed by atoms with Crippen molar-refractivity contribution in [2.45, 2.75) is 13.3 Å². The molecule has 0 saturated heterocycles. The van der Waals surface area contributed by atoms with E-state index in [4.69, 9.17) is 9.47 Å². The minimum absolute atomic E-state index is 0.00912. The number of methoxy groups -OCH3 is 2. The molecule has 0 fully saturated rings. The molecule has 0 spiro atoms. The van der Waals surface area contributed by atoms with E-state index in [-0.39, 0.29) is 11.7 Å². The second kappa shape index (κ2) is 8.73. The normalized spacial score (nSPS) is 10.0. The van der Waals surface area contributed by atoms with Gasteiger partial charge in [0.25, 0.3) is 0 Å². The standard InChI is InChI=1S/C19H22N2O4/c1-13(22)14-5-4-6-15(11-14)20-10-9-19(23)21-16-7-8-17(24-2)18(12-16)25-3/h4-8,11-12,20H,9-10H2,1-3H3,(H,21,23). The molecule has 0 atom stereocenters. The number of carbonyl (C=O) groups is 2. The van der Waals surface area contributed by atoms with Gasteiger partial charge in [-0.05, 0) is 31.2 Å². The van der Waals surface area contributed by atoms with Crippen LogP contribution in [0.2, 0.25) is 0 Å². The van der Waals surface area contributed by atoms with Crippen LogP contribution in [0, 0.1) is 0 Å². The molecule has 6 nitrogen and oxygen atoms in total. The van der Waals surface area contributed by atoms with Crippen molar-refractivity contribution in [1.82, 2.24) is 0 Å². The van der Waals surface area contributed by atoms with Crippen LogP contribution in [-0.4, -0.2) is 32.5 Å². The largest absolute Gasteiger partial charge is 0.493 e. The summed E-state index contributed by atoms with van der Waals surface area (Å²) < 4.78 is 10.4. The average molecular weight is 342 g/mol. The molecule has 0 aliphatic heterocycles. The molecule has 2 N–H and O–H groups in total. The summed E-state index contributed by atoms with van der Waals surface area (Å²) in [6.45, 7) is 1.98. The van der Waals surface area contributed by atoms with Gasteiger partial charge >= 0.3 is 0 Å². The molecule has 2 rings (SSSR count). The number of rotatable bonds is 8. The van der Waals surface area contributed by atoms with E-state index in [2.05, 4.69) is 10.6 Å². The van der Waals surface area contributed by atoms with Crippen LogP contribution in [0.25, 0.3) is 0 Å². The smallest absolute Gasteiger partial charge is 0.226 e. The van der Waals surface area contributed by atoms with Crippen molar-refractivity contribution in [2.24, 2.45) is 0 Å². The molecular weight excluding hydrogens is 320 g/mol. The lowest BCUT2D eigenvalue weighted by molar-refractivity contribution is -0.115. The maximum absolute atomic E-state index is 12.1. The highest BCUT2D eigenvalue weighted by Gasteiger charge is 2.07. The van der Waals surface area contributed by atoms with Crippen molar-refractivity contribution in [2.75, 3.05) is 31.4 Å². The van der Waals surface area contributed by atoms with Crippen LogP contribution in [0.15, 0.2) is 42.5 Å². The van der Waals surface area contributed by atoms with E-state index >= 15 is 0 Å². The molecule has 0 aliphatic rings. The first-order chi connectivity index (χ1) is 12.0. The second-order valence-corrected chi connectivity index (χ2v) is 5.43. The van der Waals surface area contributed by atoms with Gasteiger partial charge < -0.3 is 20.1 Å². The van der Waals surface area contributed by atoms with Gasteiger partial charge in [-0.3, -0.25) is 9.59 Å². The summed E-state index contributed by atoms with van der Waals surface area (Å²) in [4.78, 5) is 23.4. The van der Waals surface area contributed by atoms with Crippen molar-refractivity contribution in [3.05, 3.63) is 48.0 Å². The Morgan fingerprint density at radius 2 is 1.72 bits per heavy atom. The van der Waals surface area contributed by atoms with Crippen molar-refractivity contribution in [1.29, 1.82) is 0 Å². The Kier molecular flexibility index (Phi) is 6.39. The van der Waals surface area contributed by atoms with Crippen LogP contribution < -0.4 is 20.1 Å². The van der Waals surface area contributed by atoms with Gasteiger partial charge in [0.1, 0.15) is 0 Å². The number of carbonyl (C=O) groups excluding carboxylic acids is 2. The number of ketones is 1. The highest BCUT2D eigenvalue weighted by Crippen LogP contribution is 2.29. The third-order valence-electron chi connectivity index (χ3n) is 3.62. The van der Waals surface area contributed by atoms with Gasteiger partial charge in [-0.2, -0.15) is 0 Å². The highest BCUT2D eigenvalue weighted by molar-refractivity contribution is 5.95. The molecule has 0 saturated carbocycles. The zero-order chi connectivity index (χ0) is 18.2. The Hall–Kier alpha value is -3.02. The van der Waals surface area contributed by atoms with E-state index in [0.717, 1.165) is 5.69 Å². The number of ether oxygens (including phenoxy) is 2. The molecule has 0 heterocycles. The average Bonchev–Trinajstić information content (AvgIpc) is 2.61. The summed E-state index contributed by atoms with van der Waals surface area (Å²) in [6.07, 6.45) is 0.290.